The average Bonchev–Trinajstić information content (AvgIpc) is 2.94. The SMILES string of the molecule is O=c1c2ccccc2c2c(n1CCNCCO)-c1ccccc1C2O. The van der Waals surface area contributed by atoms with Gasteiger partial charge in [0.2, 0.25) is 0 Å². The first kappa shape index (κ1) is 16.0. The predicted molar refractivity (Wildman–Crippen MR) is 97.7 cm³/mol. The Hall–Kier alpha value is -2.47. The van der Waals surface area contributed by atoms with E-state index in [0.29, 0.717) is 25.0 Å². The van der Waals surface area contributed by atoms with Gasteiger partial charge in [0.25, 0.3) is 5.56 Å². The zero-order valence-corrected chi connectivity index (χ0v) is 13.8. The van der Waals surface area contributed by atoms with Crippen LogP contribution in [0.1, 0.15) is 17.2 Å². The smallest absolute Gasteiger partial charge is 0.258 e. The van der Waals surface area contributed by atoms with Crippen LogP contribution in [0.5, 0.6) is 0 Å². The number of aliphatic hydroxyl groups excluding tert-OH is 2. The van der Waals surface area contributed by atoms with Gasteiger partial charge in [-0.1, -0.05) is 42.5 Å². The Morgan fingerprint density at radius 1 is 1.00 bits per heavy atom. The lowest BCUT2D eigenvalue weighted by molar-refractivity contribution is 0.226. The molecule has 1 heterocycles. The summed E-state index contributed by atoms with van der Waals surface area (Å²) in [5, 5.41) is 24.4. The molecule has 5 heteroatoms. The van der Waals surface area contributed by atoms with Crippen molar-refractivity contribution in [3.63, 3.8) is 0 Å². The van der Waals surface area contributed by atoms with Crippen LogP contribution in [0.2, 0.25) is 0 Å². The fraction of sp³-hybridized carbons (Fsp3) is 0.250. The van der Waals surface area contributed by atoms with Gasteiger partial charge in [0.1, 0.15) is 6.10 Å². The molecule has 0 fully saturated rings. The zero-order chi connectivity index (χ0) is 17.4. The van der Waals surface area contributed by atoms with E-state index >= 15 is 0 Å². The second-order valence-corrected chi connectivity index (χ2v) is 6.23. The van der Waals surface area contributed by atoms with Gasteiger partial charge in [0, 0.05) is 36.1 Å². The number of fused-ring (bicyclic) bond motifs is 5. The molecule has 0 amide bonds. The second-order valence-electron chi connectivity index (χ2n) is 6.23. The van der Waals surface area contributed by atoms with Crippen LogP contribution >= 0.6 is 0 Å². The van der Waals surface area contributed by atoms with E-state index in [2.05, 4.69) is 5.32 Å². The molecule has 1 aliphatic rings. The van der Waals surface area contributed by atoms with Crippen LogP contribution in [-0.2, 0) is 6.54 Å². The van der Waals surface area contributed by atoms with Crippen LogP contribution in [0.25, 0.3) is 22.0 Å². The maximum absolute atomic E-state index is 13.1. The van der Waals surface area contributed by atoms with Gasteiger partial charge in [0.15, 0.2) is 0 Å². The van der Waals surface area contributed by atoms with Crippen LogP contribution in [0.15, 0.2) is 53.3 Å². The Balaban J connectivity index is 1.96. The van der Waals surface area contributed by atoms with Gasteiger partial charge in [-0.2, -0.15) is 0 Å². The van der Waals surface area contributed by atoms with Crippen molar-refractivity contribution in [1.82, 2.24) is 9.88 Å². The number of hydrogen-bond acceptors (Lipinski definition) is 4. The highest BCUT2D eigenvalue weighted by molar-refractivity contribution is 5.94. The Bertz CT molecular complexity index is 994. The first-order chi connectivity index (χ1) is 12.2. The summed E-state index contributed by atoms with van der Waals surface area (Å²) >= 11 is 0. The molecule has 1 aliphatic carbocycles. The van der Waals surface area contributed by atoms with Crippen molar-refractivity contribution in [1.29, 1.82) is 0 Å². The molecule has 128 valence electrons. The molecule has 4 rings (SSSR count). The largest absolute Gasteiger partial charge is 0.395 e. The van der Waals surface area contributed by atoms with Crippen LogP contribution < -0.4 is 10.9 Å². The lowest BCUT2D eigenvalue weighted by atomic mass is 10.0. The molecule has 0 saturated heterocycles. The van der Waals surface area contributed by atoms with Crippen molar-refractivity contribution < 1.29 is 10.2 Å². The van der Waals surface area contributed by atoms with Gasteiger partial charge in [-0.05, 0) is 17.0 Å². The number of benzene rings is 2. The van der Waals surface area contributed by atoms with E-state index in [1.807, 2.05) is 48.5 Å². The number of aromatic nitrogens is 1. The Kier molecular flexibility index (Phi) is 4.13. The van der Waals surface area contributed by atoms with Crippen molar-refractivity contribution in [2.45, 2.75) is 12.6 Å². The predicted octanol–water partition coefficient (Wildman–Crippen LogP) is 1.65. The summed E-state index contributed by atoms with van der Waals surface area (Å²) in [6, 6.07) is 15.1. The van der Waals surface area contributed by atoms with Crippen molar-refractivity contribution in [3.05, 3.63) is 70.0 Å². The summed E-state index contributed by atoms with van der Waals surface area (Å²) in [5.41, 5.74) is 3.31. The first-order valence-electron chi connectivity index (χ1n) is 8.48. The van der Waals surface area contributed by atoms with E-state index < -0.39 is 6.10 Å². The molecule has 0 bridgehead atoms. The highest BCUT2D eigenvalue weighted by Gasteiger charge is 2.32. The third kappa shape index (κ3) is 2.48. The molecule has 1 unspecified atom stereocenters. The van der Waals surface area contributed by atoms with E-state index in [-0.39, 0.29) is 12.2 Å². The van der Waals surface area contributed by atoms with Gasteiger partial charge in [-0.25, -0.2) is 0 Å². The second kappa shape index (κ2) is 6.44. The Labute approximate surface area is 145 Å². The summed E-state index contributed by atoms with van der Waals surface area (Å²) < 4.78 is 1.75. The molecule has 0 spiro atoms. The summed E-state index contributed by atoms with van der Waals surface area (Å²) in [6.45, 7) is 1.60. The maximum atomic E-state index is 13.1. The number of hydrogen-bond donors (Lipinski definition) is 3. The van der Waals surface area contributed by atoms with E-state index in [4.69, 9.17) is 5.11 Å². The highest BCUT2D eigenvalue weighted by Crippen LogP contribution is 2.45. The molecule has 25 heavy (non-hydrogen) atoms. The van der Waals surface area contributed by atoms with Gasteiger partial charge in [0.05, 0.1) is 12.3 Å². The minimum absolute atomic E-state index is 0.0518. The van der Waals surface area contributed by atoms with Crippen molar-refractivity contribution in [3.8, 4) is 11.3 Å². The average molecular weight is 336 g/mol. The molecule has 0 aliphatic heterocycles. The van der Waals surface area contributed by atoms with Crippen molar-refractivity contribution >= 4 is 10.8 Å². The standard InChI is InChI=1S/C20H20N2O3/c23-12-10-21-9-11-22-18-14-6-2-3-7-15(14)19(24)17(18)13-5-1-4-8-16(13)20(22)25/h1-8,19,21,23-24H,9-12H2. The van der Waals surface area contributed by atoms with Gasteiger partial charge in [-0.15, -0.1) is 0 Å². The third-order valence-electron chi connectivity index (χ3n) is 4.80. The molecular weight excluding hydrogens is 316 g/mol. The summed E-state index contributed by atoms with van der Waals surface area (Å²) in [4.78, 5) is 13.1. The first-order valence-corrected chi connectivity index (χ1v) is 8.48. The van der Waals surface area contributed by atoms with E-state index in [1.54, 1.807) is 4.57 Å². The van der Waals surface area contributed by atoms with Crippen LogP contribution in [0.4, 0.5) is 0 Å². The van der Waals surface area contributed by atoms with Gasteiger partial charge in [-0.3, -0.25) is 4.79 Å². The molecule has 3 aromatic rings. The number of nitrogens with zero attached hydrogens (tertiary/aromatic N) is 1. The van der Waals surface area contributed by atoms with Crippen LogP contribution in [0.3, 0.4) is 0 Å². The van der Waals surface area contributed by atoms with Crippen LogP contribution in [-0.4, -0.2) is 34.5 Å². The number of rotatable bonds is 5. The molecular formula is C20H20N2O3. The number of pyridine rings is 1. The van der Waals surface area contributed by atoms with Crippen molar-refractivity contribution in [2.24, 2.45) is 0 Å². The third-order valence-corrected chi connectivity index (χ3v) is 4.80. The van der Waals surface area contributed by atoms with Gasteiger partial charge >= 0.3 is 0 Å². The number of nitrogens with one attached hydrogen (secondary N) is 1. The van der Waals surface area contributed by atoms with E-state index in [0.717, 1.165) is 27.8 Å². The molecule has 0 radical (unpaired) electrons. The highest BCUT2D eigenvalue weighted by atomic mass is 16.3. The zero-order valence-electron chi connectivity index (χ0n) is 13.8. The molecule has 1 atom stereocenters. The minimum atomic E-state index is -0.728. The van der Waals surface area contributed by atoms with E-state index in [1.165, 1.54) is 0 Å². The molecule has 0 saturated carbocycles. The lowest BCUT2D eigenvalue weighted by Gasteiger charge is -2.16. The lowest BCUT2D eigenvalue weighted by Crippen LogP contribution is -2.30. The fourth-order valence-electron chi connectivity index (χ4n) is 3.71. The van der Waals surface area contributed by atoms with Gasteiger partial charge < -0.3 is 20.1 Å². The summed E-state index contributed by atoms with van der Waals surface area (Å²) in [5.74, 6) is 0. The molecule has 1 aromatic heterocycles. The molecule has 5 nitrogen and oxygen atoms in total. The number of aliphatic hydroxyl groups is 2. The molecule has 3 N–H and O–H groups in total. The molecule has 2 aromatic carbocycles. The van der Waals surface area contributed by atoms with E-state index in [9.17, 15) is 9.90 Å². The minimum Gasteiger partial charge on any atom is -0.395 e. The maximum Gasteiger partial charge on any atom is 0.258 e. The summed E-state index contributed by atoms with van der Waals surface area (Å²) in [7, 11) is 0. The monoisotopic (exact) mass is 336 g/mol. The van der Waals surface area contributed by atoms with Crippen molar-refractivity contribution in [2.75, 3.05) is 19.7 Å². The summed E-state index contributed by atoms with van der Waals surface area (Å²) in [6.07, 6.45) is -0.728. The fourth-order valence-corrected chi connectivity index (χ4v) is 3.71. The van der Waals surface area contributed by atoms with Crippen LogP contribution in [0, 0.1) is 0 Å². The normalized spacial score (nSPS) is 15.4. The Morgan fingerprint density at radius 3 is 2.52 bits per heavy atom. The quantitative estimate of drug-likeness (QED) is 0.619. The Morgan fingerprint density at radius 2 is 1.72 bits per heavy atom. The topological polar surface area (TPSA) is 74.5 Å².